The number of β-amino-alcohol motifs (C(OH)–C–C–N with tert-alkyl or cyclic N) is 1. The second-order valence-corrected chi connectivity index (χ2v) is 7.40. The van der Waals surface area contributed by atoms with Crippen LogP contribution in [-0.2, 0) is 0 Å². The van der Waals surface area contributed by atoms with E-state index in [9.17, 15) is 9.90 Å². The van der Waals surface area contributed by atoms with Crippen molar-refractivity contribution in [2.24, 2.45) is 5.92 Å². The molecule has 1 N–H and O–H groups in total. The lowest BCUT2D eigenvalue weighted by Gasteiger charge is -2.29. The van der Waals surface area contributed by atoms with Crippen molar-refractivity contribution in [1.29, 1.82) is 5.26 Å². The van der Waals surface area contributed by atoms with Gasteiger partial charge in [0.1, 0.15) is 5.82 Å². The minimum atomic E-state index is -0.315. The molecule has 1 aromatic carbocycles. The predicted octanol–water partition coefficient (Wildman–Crippen LogP) is 2.09. The fourth-order valence-electron chi connectivity index (χ4n) is 3.80. The number of nitrogens with zero attached hydrogens (tertiary/aromatic N) is 5. The molecule has 2 aliphatic heterocycles. The van der Waals surface area contributed by atoms with Crippen LogP contribution < -0.4 is 4.90 Å². The Morgan fingerprint density at radius 3 is 2.71 bits per heavy atom. The van der Waals surface area contributed by atoms with E-state index in [0.29, 0.717) is 31.0 Å². The Kier molecular flexibility index (Phi) is 5.22. The Morgan fingerprint density at radius 2 is 2.00 bits per heavy atom. The number of amides is 1. The summed E-state index contributed by atoms with van der Waals surface area (Å²) >= 11 is 0. The van der Waals surface area contributed by atoms with Gasteiger partial charge in [0.05, 0.1) is 12.2 Å². The molecule has 0 radical (unpaired) electrons. The molecular weight excluding hydrogens is 354 g/mol. The molecule has 0 aliphatic carbocycles. The lowest BCUT2D eigenvalue weighted by molar-refractivity contribution is 0.0707. The van der Waals surface area contributed by atoms with E-state index in [1.54, 1.807) is 6.20 Å². The van der Waals surface area contributed by atoms with Gasteiger partial charge in [-0.25, -0.2) is 9.97 Å². The standard InChI is InChI=1S/C21H23N5O2/c22-13-15-5-9-25(10-6-15)21(28)17-3-1-2-16(12-17)20-23-8-4-19(24-20)26-11-7-18(27)14-26/h1-4,8,12,15,18,27H,5-7,9-11,14H2/t18-/m1/s1. The van der Waals surface area contributed by atoms with Crippen LogP contribution in [0.3, 0.4) is 0 Å². The molecular formula is C21H23N5O2. The first-order valence-electron chi connectivity index (χ1n) is 9.69. The first-order valence-corrected chi connectivity index (χ1v) is 9.69. The van der Waals surface area contributed by atoms with Crippen molar-refractivity contribution in [3.8, 4) is 17.5 Å². The van der Waals surface area contributed by atoms with Crippen LogP contribution in [0.1, 0.15) is 29.6 Å². The predicted molar refractivity (Wildman–Crippen MR) is 105 cm³/mol. The van der Waals surface area contributed by atoms with E-state index in [0.717, 1.165) is 37.2 Å². The Labute approximate surface area is 164 Å². The van der Waals surface area contributed by atoms with Crippen molar-refractivity contribution >= 4 is 11.7 Å². The maximum atomic E-state index is 12.9. The molecule has 144 valence electrons. The number of anilines is 1. The van der Waals surface area contributed by atoms with Gasteiger partial charge < -0.3 is 14.9 Å². The Hall–Kier alpha value is -2.98. The first kappa shape index (κ1) is 18.4. The number of carbonyl (C=O) groups is 1. The van der Waals surface area contributed by atoms with Crippen molar-refractivity contribution in [3.05, 3.63) is 42.1 Å². The zero-order chi connectivity index (χ0) is 19.5. The molecule has 2 aliphatic rings. The van der Waals surface area contributed by atoms with Gasteiger partial charge in [-0.3, -0.25) is 4.79 Å². The first-order chi connectivity index (χ1) is 13.6. The van der Waals surface area contributed by atoms with Gasteiger partial charge in [-0.2, -0.15) is 5.26 Å². The SMILES string of the molecule is N#CC1CCN(C(=O)c2cccc(-c3nccc(N4CC[C@@H](O)C4)n3)c2)CC1. The molecule has 1 amide bonds. The van der Waals surface area contributed by atoms with E-state index >= 15 is 0 Å². The van der Waals surface area contributed by atoms with E-state index in [-0.39, 0.29) is 17.9 Å². The van der Waals surface area contributed by atoms with Crippen LogP contribution in [0.2, 0.25) is 0 Å². The number of benzene rings is 1. The summed E-state index contributed by atoms with van der Waals surface area (Å²) in [4.78, 5) is 25.7. The van der Waals surface area contributed by atoms with Crippen LogP contribution in [0.25, 0.3) is 11.4 Å². The molecule has 0 saturated carbocycles. The van der Waals surface area contributed by atoms with Crippen molar-refractivity contribution in [2.45, 2.75) is 25.4 Å². The van der Waals surface area contributed by atoms with Crippen molar-refractivity contribution < 1.29 is 9.90 Å². The van der Waals surface area contributed by atoms with Gasteiger partial charge in [0, 0.05) is 49.4 Å². The molecule has 0 unspecified atom stereocenters. The third kappa shape index (κ3) is 3.82. The molecule has 2 aromatic rings. The average molecular weight is 377 g/mol. The number of aliphatic hydroxyl groups excluding tert-OH is 1. The van der Waals surface area contributed by atoms with Crippen LogP contribution in [0.4, 0.5) is 5.82 Å². The van der Waals surface area contributed by atoms with Crippen LogP contribution in [0.5, 0.6) is 0 Å². The lowest BCUT2D eigenvalue weighted by Crippen LogP contribution is -2.38. The number of hydrogen-bond donors (Lipinski definition) is 1. The number of likely N-dealkylation sites (tertiary alicyclic amines) is 1. The topological polar surface area (TPSA) is 93.4 Å². The third-order valence-electron chi connectivity index (χ3n) is 5.46. The summed E-state index contributed by atoms with van der Waals surface area (Å²) < 4.78 is 0. The maximum absolute atomic E-state index is 12.9. The smallest absolute Gasteiger partial charge is 0.253 e. The number of piperidine rings is 1. The van der Waals surface area contributed by atoms with E-state index in [2.05, 4.69) is 16.0 Å². The molecule has 2 fully saturated rings. The molecule has 1 atom stereocenters. The van der Waals surface area contributed by atoms with Crippen LogP contribution >= 0.6 is 0 Å². The number of rotatable bonds is 3. The molecule has 28 heavy (non-hydrogen) atoms. The summed E-state index contributed by atoms with van der Waals surface area (Å²) in [6.45, 7) is 2.58. The van der Waals surface area contributed by atoms with Gasteiger partial charge in [0.25, 0.3) is 5.91 Å². The Bertz CT molecular complexity index is 902. The summed E-state index contributed by atoms with van der Waals surface area (Å²) in [6, 6.07) is 11.5. The molecule has 0 bridgehead atoms. The maximum Gasteiger partial charge on any atom is 0.253 e. The third-order valence-corrected chi connectivity index (χ3v) is 5.46. The van der Waals surface area contributed by atoms with Crippen LogP contribution in [0, 0.1) is 17.2 Å². The van der Waals surface area contributed by atoms with Gasteiger partial charge in [-0.05, 0) is 37.5 Å². The van der Waals surface area contributed by atoms with E-state index < -0.39 is 0 Å². The van der Waals surface area contributed by atoms with Gasteiger partial charge in [-0.1, -0.05) is 12.1 Å². The highest BCUT2D eigenvalue weighted by Gasteiger charge is 2.24. The monoisotopic (exact) mass is 377 g/mol. The van der Waals surface area contributed by atoms with Gasteiger partial charge in [0.15, 0.2) is 5.82 Å². The van der Waals surface area contributed by atoms with Crippen molar-refractivity contribution in [2.75, 3.05) is 31.1 Å². The number of hydrogen-bond acceptors (Lipinski definition) is 6. The molecule has 4 rings (SSSR count). The largest absolute Gasteiger partial charge is 0.391 e. The Morgan fingerprint density at radius 1 is 1.18 bits per heavy atom. The van der Waals surface area contributed by atoms with Crippen molar-refractivity contribution in [3.63, 3.8) is 0 Å². The summed E-state index contributed by atoms with van der Waals surface area (Å²) in [5.41, 5.74) is 1.40. The Balaban J connectivity index is 1.53. The minimum absolute atomic E-state index is 0.0166. The second kappa shape index (κ2) is 7.95. The lowest BCUT2D eigenvalue weighted by atomic mass is 9.98. The van der Waals surface area contributed by atoms with Gasteiger partial charge in [-0.15, -0.1) is 0 Å². The van der Waals surface area contributed by atoms with Crippen LogP contribution in [0.15, 0.2) is 36.5 Å². The molecule has 3 heterocycles. The quantitative estimate of drug-likeness (QED) is 0.880. The van der Waals surface area contributed by atoms with E-state index in [1.807, 2.05) is 40.1 Å². The fourth-order valence-corrected chi connectivity index (χ4v) is 3.80. The minimum Gasteiger partial charge on any atom is -0.391 e. The zero-order valence-electron chi connectivity index (χ0n) is 15.7. The summed E-state index contributed by atoms with van der Waals surface area (Å²) in [6.07, 6.45) is 3.60. The normalized spacial score (nSPS) is 20.2. The van der Waals surface area contributed by atoms with E-state index in [1.165, 1.54) is 0 Å². The molecule has 7 heteroatoms. The second-order valence-electron chi connectivity index (χ2n) is 7.40. The number of aromatic nitrogens is 2. The number of carbonyl (C=O) groups excluding carboxylic acids is 1. The summed E-state index contributed by atoms with van der Waals surface area (Å²) in [5.74, 6) is 1.39. The van der Waals surface area contributed by atoms with Crippen LogP contribution in [-0.4, -0.2) is 58.2 Å². The number of nitriles is 1. The molecule has 7 nitrogen and oxygen atoms in total. The number of aliphatic hydroxyl groups is 1. The summed E-state index contributed by atoms with van der Waals surface area (Å²) in [5, 5.41) is 18.8. The van der Waals surface area contributed by atoms with E-state index in [4.69, 9.17) is 5.26 Å². The zero-order valence-corrected chi connectivity index (χ0v) is 15.7. The summed E-state index contributed by atoms with van der Waals surface area (Å²) in [7, 11) is 0. The van der Waals surface area contributed by atoms with Crippen molar-refractivity contribution in [1.82, 2.24) is 14.9 Å². The highest BCUT2D eigenvalue weighted by molar-refractivity contribution is 5.95. The highest BCUT2D eigenvalue weighted by Crippen LogP contribution is 2.24. The fraction of sp³-hybridized carbons (Fsp3) is 0.429. The van der Waals surface area contributed by atoms with Gasteiger partial charge in [0.2, 0.25) is 0 Å². The molecule has 1 aromatic heterocycles. The van der Waals surface area contributed by atoms with Gasteiger partial charge >= 0.3 is 0 Å². The average Bonchev–Trinajstić information content (AvgIpc) is 3.20. The molecule has 0 spiro atoms. The highest BCUT2D eigenvalue weighted by atomic mass is 16.3. The molecule has 2 saturated heterocycles.